The van der Waals surface area contributed by atoms with Crippen molar-refractivity contribution < 1.29 is 4.79 Å². The zero-order chi connectivity index (χ0) is 13.7. The Balaban J connectivity index is 1.97. The van der Waals surface area contributed by atoms with E-state index in [-0.39, 0.29) is 5.91 Å². The van der Waals surface area contributed by atoms with Crippen molar-refractivity contribution in [2.75, 3.05) is 19.6 Å². The number of carbonyl (C=O) groups is 1. The van der Waals surface area contributed by atoms with Crippen molar-refractivity contribution in [2.45, 2.75) is 69.9 Å². The molecular formula is C15H29N3O. The van der Waals surface area contributed by atoms with E-state index in [1.165, 1.54) is 38.5 Å². The smallest absolute Gasteiger partial charge is 0.237 e. The van der Waals surface area contributed by atoms with E-state index >= 15 is 0 Å². The first-order chi connectivity index (χ1) is 9.16. The van der Waals surface area contributed by atoms with Crippen LogP contribution in [0, 0.1) is 0 Å². The second-order valence-corrected chi connectivity index (χ2v) is 6.21. The van der Waals surface area contributed by atoms with E-state index in [1.807, 2.05) is 0 Å². The molecule has 0 atom stereocenters. The maximum atomic E-state index is 12.0. The van der Waals surface area contributed by atoms with Crippen molar-refractivity contribution >= 4 is 5.91 Å². The molecule has 0 unspecified atom stereocenters. The van der Waals surface area contributed by atoms with Crippen LogP contribution in [-0.4, -0.2) is 42.0 Å². The quantitative estimate of drug-likeness (QED) is 0.761. The van der Waals surface area contributed by atoms with Gasteiger partial charge in [0.05, 0.1) is 0 Å². The highest BCUT2D eigenvalue weighted by Gasteiger charge is 2.40. The number of hydrogen-bond donors (Lipinski definition) is 2. The van der Waals surface area contributed by atoms with E-state index < -0.39 is 5.54 Å². The predicted molar refractivity (Wildman–Crippen MR) is 77.9 cm³/mol. The fourth-order valence-electron chi connectivity index (χ4n) is 3.53. The summed E-state index contributed by atoms with van der Waals surface area (Å²) in [5.41, 5.74) is 5.28. The van der Waals surface area contributed by atoms with Crippen molar-refractivity contribution in [2.24, 2.45) is 5.73 Å². The van der Waals surface area contributed by atoms with E-state index in [9.17, 15) is 4.79 Å². The molecule has 19 heavy (non-hydrogen) atoms. The van der Waals surface area contributed by atoms with Crippen molar-refractivity contribution in [3.8, 4) is 0 Å². The number of nitrogens with zero attached hydrogens (tertiary/aromatic N) is 1. The van der Waals surface area contributed by atoms with Gasteiger partial charge in [0.1, 0.15) is 5.54 Å². The van der Waals surface area contributed by atoms with Gasteiger partial charge in [-0.1, -0.05) is 32.6 Å². The molecule has 0 aromatic heterocycles. The average Bonchev–Trinajstić information content (AvgIpc) is 2.68. The minimum Gasteiger partial charge on any atom is -0.368 e. The Bertz CT molecular complexity index is 290. The molecule has 1 saturated heterocycles. The zero-order valence-corrected chi connectivity index (χ0v) is 12.3. The molecule has 1 aliphatic heterocycles. The molecule has 1 amide bonds. The maximum absolute atomic E-state index is 12.0. The SMILES string of the molecule is CCN1CCC(NC2CCCCCC2)(C(N)=O)CC1. The van der Waals surface area contributed by atoms with Gasteiger partial charge in [0.15, 0.2) is 0 Å². The number of amides is 1. The number of primary amides is 1. The summed E-state index contributed by atoms with van der Waals surface area (Å²) >= 11 is 0. The van der Waals surface area contributed by atoms with Crippen LogP contribution in [0.15, 0.2) is 0 Å². The molecule has 2 rings (SSSR count). The van der Waals surface area contributed by atoms with Gasteiger partial charge < -0.3 is 16.0 Å². The molecule has 2 aliphatic rings. The molecule has 0 radical (unpaired) electrons. The van der Waals surface area contributed by atoms with Crippen LogP contribution >= 0.6 is 0 Å². The Morgan fingerprint density at radius 1 is 1.21 bits per heavy atom. The molecule has 3 N–H and O–H groups in total. The minimum absolute atomic E-state index is 0.146. The molecule has 0 bridgehead atoms. The van der Waals surface area contributed by atoms with Crippen molar-refractivity contribution in [1.29, 1.82) is 0 Å². The molecule has 110 valence electrons. The Morgan fingerprint density at radius 2 is 1.79 bits per heavy atom. The minimum atomic E-state index is -0.444. The van der Waals surface area contributed by atoms with Gasteiger partial charge in [0.25, 0.3) is 0 Å². The maximum Gasteiger partial charge on any atom is 0.237 e. The van der Waals surface area contributed by atoms with E-state index in [2.05, 4.69) is 17.1 Å². The lowest BCUT2D eigenvalue weighted by molar-refractivity contribution is -0.127. The van der Waals surface area contributed by atoms with Crippen LogP contribution in [0.4, 0.5) is 0 Å². The molecule has 0 aromatic carbocycles. The first-order valence-corrected chi connectivity index (χ1v) is 7.96. The normalized spacial score (nSPS) is 25.9. The van der Waals surface area contributed by atoms with Gasteiger partial charge in [-0.15, -0.1) is 0 Å². The third-order valence-corrected chi connectivity index (χ3v) is 4.96. The Labute approximate surface area is 117 Å². The van der Waals surface area contributed by atoms with Crippen molar-refractivity contribution in [3.05, 3.63) is 0 Å². The topological polar surface area (TPSA) is 58.4 Å². The van der Waals surface area contributed by atoms with Crippen LogP contribution in [0.2, 0.25) is 0 Å². The molecule has 0 spiro atoms. The van der Waals surface area contributed by atoms with Crippen LogP contribution < -0.4 is 11.1 Å². The summed E-state index contributed by atoms with van der Waals surface area (Å²) in [5, 5.41) is 3.65. The summed E-state index contributed by atoms with van der Waals surface area (Å²) in [5.74, 6) is -0.146. The summed E-state index contributed by atoms with van der Waals surface area (Å²) in [7, 11) is 0. The molecule has 1 heterocycles. The van der Waals surface area contributed by atoms with Gasteiger partial charge >= 0.3 is 0 Å². The number of nitrogens with two attached hydrogens (primary N) is 1. The second kappa shape index (κ2) is 6.71. The van der Waals surface area contributed by atoms with Crippen LogP contribution in [0.5, 0.6) is 0 Å². The molecule has 2 fully saturated rings. The number of piperidine rings is 1. The highest BCUT2D eigenvalue weighted by Crippen LogP contribution is 2.26. The zero-order valence-electron chi connectivity index (χ0n) is 12.3. The summed E-state index contributed by atoms with van der Waals surface area (Å²) in [6.45, 7) is 5.21. The highest BCUT2D eigenvalue weighted by molar-refractivity contribution is 5.84. The lowest BCUT2D eigenvalue weighted by Gasteiger charge is -2.42. The van der Waals surface area contributed by atoms with Gasteiger partial charge in [-0.05, 0) is 32.2 Å². The van der Waals surface area contributed by atoms with Gasteiger partial charge in [0, 0.05) is 19.1 Å². The monoisotopic (exact) mass is 267 g/mol. The van der Waals surface area contributed by atoms with Gasteiger partial charge in [-0.3, -0.25) is 4.79 Å². The number of carbonyl (C=O) groups excluding carboxylic acids is 1. The van der Waals surface area contributed by atoms with Gasteiger partial charge in [-0.25, -0.2) is 0 Å². The predicted octanol–water partition coefficient (Wildman–Crippen LogP) is 1.64. The number of hydrogen-bond acceptors (Lipinski definition) is 3. The number of likely N-dealkylation sites (tertiary alicyclic amines) is 1. The second-order valence-electron chi connectivity index (χ2n) is 6.21. The molecule has 1 aliphatic carbocycles. The molecule has 1 saturated carbocycles. The van der Waals surface area contributed by atoms with Crippen LogP contribution in [0.1, 0.15) is 58.3 Å². The van der Waals surface area contributed by atoms with Crippen LogP contribution in [-0.2, 0) is 4.79 Å². The van der Waals surface area contributed by atoms with E-state index in [4.69, 9.17) is 5.73 Å². The average molecular weight is 267 g/mol. The standard InChI is InChI=1S/C15H29N3O/c1-2-18-11-9-15(10-12-18,14(16)19)17-13-7-5-3-4-6-8-13/h13,17H,2-12H2,1H3,(H2,16,19). The molecule has 4 heteroatoms. The highest BCUT2D eigenvalue weighted by atomic mass is 16.1. The van der Waals surface area contributed by atoms with Crippen molar-refractivity contribution in [1.82, 2.24) is 10.2 Å². The fourth-order valence-corrected chi connectivity index (χ4v) is 3.53. The van der Waals surface area contributed by atoms with Crippen LogP contribution in [0.3, 0.4) is 0 Å². The van der Waals surface area contributed by atoms with E-state index in [1.54, 1.807) is 0 Å². The Morgan fingerprint density at radius 3 is 2.26 bits per heavy atom. The third kappa shape index (κ3) is 3.69. The number of rotatable bonds is 4. The Kier molecular flexibility index (Phi) is 5.22. The summed E-state index contributed by atoms with van der Waals surface area (Å²) in [6, 6.07) is 0.489. The molecule has 0 aromatic rings. The first-order valence-electron chi connectivity index (χ1n) is 7.96. The first kappa shape index (κ1) is 14.8. The van der Waals surface area contributed by atoms with E-state index in [0.717, 1.165) is 32.5 Å². The van der Waals surface area contributed by atoms with Crippen molar-refractivity contribution in [3.63, 3.8) is 0 Å². The van der Waals surface area contributed by atoms with Gasteiger partial charge in [-0.2, -0.15) is 0 Å². The van der Waals surface area contributed by atoms with Crippen LogP contribution in [0.25, 0.3) is 0 Å². The molecular weight excluding hydrogens is 238 g/mol. The Hall–Kier alpha value is -0.610. The summed E-state index contributed by atoms with van der Waals surface area (Å²) in [6.07, 6.45) is 9.39. The summed E-state index contributed by atoms with van der Waals surface area (Å²) in [4.78, 5) is 14.4. The third-order valence-electron chi connectivity index (χ3n) is 4.96. The summed E-state index contributed by atoms with van der Waals surface area (Å²) < 4.78 is 0. The number of nitrogens with one attached hydrogen (secondary N) is 1. The molecule has 4 nitrogen and oxygen atoms in total. The van der Waals surface area contributed by atoms with Gasteiger partial charge in [0.2, 0.25) is 5.91 Å². The van der Waals surface area contributed by atoms with E-state index in [0.29, 0.717) is 6.04 Å². The lowest BCUT2D eigenvalue weighted by Crippen LogP contribution is -2.63. The lowest BCUT2D eigenvalue weighted by atomic mass is 9.85. The fraction of sp³-hybridized carbons (Fsp3) is 0.933. The largest absolute Gasteiger partial charge is 0.368 e.